The molecule has 0 aromatic heterocycles. The Morgan fingerprint density at radius 2 is 2.05 bits per heavy atom. The van der Waals surface area contributed by atoms with Gasteiger partial charge in [0.05, 0.1) is 6.61 Å². The second kappa shape index (κ2) is 4.94. The third-order valence-corrected chi connectivity index (χ3v) is 3.78. The molecule has 98 valence electrons. The first-order chi connectivity index (χ1) is 9.15. The summed E-state index contributed by atoms with van der Waals surface area (Å²) in [7, 11) is 0. The summed E-state index contributed by atoms with van der Waals surface area (Å²) in [5.74, 6) is 0.436. The van der Waals surface area contributed by atoms with Crippen molar-refractivity contribution in [1.82, 2.24) is 0 Å². The first-order valence-electron chi connectivity index (χ1n) is 6.04. The molecule has 1 atom stereocenters. The minimum atomic E-state index is -0.959. The largest absolute Gasteiger partial charge is 0.493 e. The highest BCUT2D eigenvalue weighted by Crippen LogP contribution is 2.31. The maximum atomic E-state index is 13.8. The van der Waals surface area contributed by atoms with Gasteiger partial charge in [-0.15, -0.1) is 0 Å². The van der Waals surface area contributed by atoms with Gasteiger partial charge in [-0.25, -0.2) is 4.39 Å². The predicted molar refractivity (Wildman–Crippen MR) is 73.8 cm³/mol. The summed E-state index contributed by atoms with van der Waals surface area (Å²) in [6.07, 6.45) is -0.127. The molecular weight excluding hydrogens is 311 g/mol. The number of benzene rings is 2. The van der Waals surface area contributed by atoms with E-state index in [9.17, 15) is 9.50 Å². The Kier molecular flexibility index (Phi) is 3.29. The van der Waals surface area contributed by atoms with E-state index in [1.165, 1.54) is 6.07 Å². The number of aliphatic hydroxyl groups excluding tert-OH is 1. The van der Waals surface area contributed by atoms with Gasteiger partial charge in [0.1, 0.15) is 17.7 Å². The van der Waals surface area contributed by atoms with E-state index in [-0.39, 0.29) is 5.56 Å². The Morgan fingerprint density at radius 1 is 1.21 bits per heavy atom. The molecule has 19 heavy (non-hydrogen) atoms. The molecule has 0 saturated carbocycles. The Bertz CT molecular complexity index is 628. The van der Waals surface area contributed by atoms with Crippen LogP contribution in [0.3, 0.4) is 0 Å². The number of aliphatic hydroxyl groups is 1. The van der Waals surface area contributed by atoms with Crippen LogP contribution in [0, 0.1) is 5.82 Å². The highest BCUT2D eigenvalue weighted by molar-refractivity contribution is 9.10. The Balaban J connectivity index is 1.97. The van der Waals surface area contributed by atoms with Gasteiger partial charge in [-0.2, -0.15) is 0 Å². The van der Waals surface area contributed by atoms with Gasteiger partial charge in [0.15, 0.2) is 0 Å². The predicted octanol–water partition coefficient (Wildman–Crippen LogP) is 3.60. The van der Waals surface area contributed by atoms with Crippen LogP contribution in [-0.2, 0) is 6.42 Å². The van der Waals surface area contributed by atoms with E-state index >= 15 is 0 Å². The fourth-order valence-corrected chi connectivity index (χ4v) is 2.61. The molecule has 1 unspecified atom stereocenters. The fourth-order valence-electron chi connectivity index (χ4n) is 2.28. The summed E-state index contributed by atoms with van der Waals surface area (Å²) >= 11 is 3.20. The second-order valence-electron chi connectivity index (χ2n) is 4.53. The van der Waals surface area contributed by atoms with E-state index < -0.39 is 11.9 Å². The molecule has 0 spiro atoms. The SMILES string of the molecule is OC(c1ccc2c(c1)CCO2)c1ccc(Br)cc1F. The van der Waals surface area contributed by atoms with Crippen molar-refractivity contribution >= 4 is 15.9 Å². The lowest BCUT2D eigenvalue weighted by Crippen LogP contribution is -2.03. The van der Waals surface area contributed by atoms with Crippen molar-refractivity contribution < 1.29 is 14.2 Å². The fraction of sp³-hybridized carbons (Fsp3) is 0.200. The molecule has 0 radical (unpaired) electrons. The van der Waals surface area contributed by atoms with Crippen LogP contribution in [0.4, 0.5) is 4.39 Å². The van der Waals surface area contributed by atoms with Gasteiger partial charge in [-0.05, 0) is 35.4 Å². The maximum Gasteiger partial charge on any atom is 0.130 e. The highest BCUT2D eigenvalue weighted by atomic mass is 79.9. The Morgan fingerprint density at radius 3 is 2.84 bits per heavy atom. The highest BCUT2D eigenvalue weighted by Gasteiger charge is 2.19. The van der Waals surface area contributed by atoms with Crippen molar-refractivity contribution in [2.24, 2.45) is 0 Å². The van der Waals surface area contributed by atoms with Crippen molar-refractivity contribution in [2.45, 2.75) is 12.5 Å². The Labute approximate surface area is 119 Å². The molecular formula is C15H12BrFO2. The zero-order chi connectivity index (χ0) is 13.4. The number of fused-ring (bicyclic) bond motifs is 1. The van der Waals surface area contributed by atoms with Gasteiger partial charge in [0.25, 0.3) is 0 Å². The average molecular weight is 323 g/mol. The van der Waals surface area contributed by atoms with Crippen molar-refractivity contribution in [3.8, 4) is 5.75 Å². The molecule has 0 aliphatic carbocycles. The van der Waals surface area contributed by atoms with Crippen LogP contribution in [0.15, 0.2) is 40.9 Å². The van der Waals surface area contributed by atoms with Crippen LogP contribution >= 0.6 is 15.9 Å². The standard InChI is InChI=1S/C15H12BrFO2/c16-11-2-3-12(13(17)8-11)15(18)10-1-4-14-9(7-10)5-6-19-14/h1-4,7-8,15,18H,5-6H2. The lowest BCUT2D eigenvalue weighted by atomic mass is 9.98. The third kappa shape index (κ3) is 2.38. The molecule has 1 N–H and O–H groups in total. The molecule has 2 nitrogen and oxygen atoms in total. The molecule has 2 aromatic carbocycles. The second-order valence-corrected chi connectivity index (χ2v) is 5.45. The number of ether oxygens (including phenoxy) is 1. The summed E-state index contributed by atoms with van der Waals surface area (Å²) in [6.45, 7) is 0.668. The van der Waals surface area contributed by atoms with Crippen LogP contribution in [0.25, 0.3) is 0 Å². The van der Waals surface area contributed by atoms with E-state index in [1.54, 1.807) is 18.2 Å². The van der Waals surface area contributed by atoms with E-state index in [2.05, 4.69) is 15.9 Å². The first kappa shape index (κ1) is 12.6. The van der Waals surface area contributed by atoms with Crippen LogP contribution < -0.4 is 4.74 Å². The average Bonchev–Trinajstić information content (AvgIpc) is 2.85. The summed E-state index contributed by atoms with van der Waals surface area (Å²) in [5.41, 5.74) is 2.03. The van der Waals surface area contributed by atoms with Gasteiger partial charge < -0.3 is 9.84 Å². The van der Waals surface area contributed by atoms with Crippen molar-refractivity contribution in [2.75, 3.05) is 6.61 Å². The molecule has 2 aromatic rings. The molecule has 1 heterocycles. The molecule has 0 bridgehead atoms. The van der Waals surface area contributed by atoms with Crippen LogP contribution in [0.2, 0.25) is 0 Å². The van der Waals surface area contributed by atoms with Gasteiger partial charge >= 0.3 is 0 Å². The van der Waals surface area contributed by atoms with Gasteiger partial charge in [0.2, 0.25) is 0 Å². The summed E-state index contributed by atoms with van der Waals surface area (Å²) in [6, 6.07) is 10.2. The van der Waals surface area contributed by atoms with E-state index in [4.69, 9.17) is 4.74 Å². The maximum absolute atomic E-state index is 13.8. The third-order valence-electron chi connectivity index (χ3n) is 3.29. The van der Waals surface area contributed by atoms with Crippen molar-refractivity contribution in [3.63, 3.8) is 0 Å². The Hall–Kier alpha value is -1.39. The van der Waals surface area contributed by atoms with Crippen molar-refractivity contribution in [1.29, 1.82) is 0 Å². The summed E-state index contributed by atoms with van der Waals surface area (Å²) in [4.78, 5) is 0. The topological polar surface area (TPSA) is 29.5 Å². The smallest absolute Gasteiger partial charge is 0.130 e. The summed E-state index contributed by atoms with van der Waals surface area (Å²) < 4.78 is 19.9. The molecule has 0 saturated heterocycles. The normalized spacial score (nSPS) is 14.9. The summed E-state index contributed by atoms with van der Waals surface area (Å²) in [5, 5.41) is 10.3. The minimum Gasteiger partial charge on any atom is -0.493 e. The number of hydrogen-bond acceptors (Lipinski definition) is 2. The van der Waals surface area contributed by atoms with Crippen LogP contribution in [-0.4, -0.2) is 11.7 Å². The van der Waals surface area contributed by atoms with Gasteiger partial charge in [-0.3, -0.25) is 0 Å². The molecule has 0 amide bonds. The number of hydrogen-bond donors (Lipinski definition) is 1. The van der Waals surface area contributed by atoms with E-state index in [0.29, 0.717) is 16.6 Å². The number of rotatable bonds is 2. The van der Waals surface area contributed by atoms with E-state index in [1.807, 2.05) is 12.1 Å². The van der Waals surface area contributed by atoms with Crippen LogP contribution in [0.1, 0.15) is 22.8 Å². The lowest BCUT2D eigenvalue weighted by Gasteiger charge is -2.13. The molecule has 1 aliphatic rings. The lowest BCUT2D eigenvalue weighted by molar-refractivity contribution is 0.215. The van der Waals surface area contributed by atoms with Gasteiger partial charge in [0, 0.05) is 16.5 Å². The zero-order valence-corrected chi connectivity index (χ0v) is 11.7. The number of halogens is 2. The molecule has 4 heteroatoms. The van der Waals surface area contributed by atoms with E-state index in [0.717, 1.165) is 17.7 Å². The first-order valence-corrected chi connectivity index (χ1v) is 6.83. The molecule has 3 rings (SSSR count). The van der Waals surface area contributed by atoms with Crippen molar-refractivity contribution in [3.05, 3.63) is 63.4 Å². The monoisotopic (exact) mass is 322 g/mol. The molecule has 1 aliphatic heterocycles. The van der Waals surface area contributed by atoms with Crippen LogP contribution in [0.5, 0.6) is 5.75 Å². The zero-order valence-electron chi connectivity index (χ0n) is 10.1. The van der Waals surface area contributed by atoms with Gasteiger partial charge in [-0.1, -0.05) is 28.1 Å². The quantitative estimate of drug-likeness (QED) is 0.915. The minimum absolute atomic E-state index is 0.280. The molecule has 0 fully saturated rings.